The molecule has 3 nitrogen and oxygen atoms in total. The molecule has 0 radical (unpaired) electrons. The molecule has 0 amide bonds. The summed E-state index contributed by atoms with van der Waals surface area (Å²) in [6.07, 6.45) is 3.33. The zero-order valence-electron chi connectivity index (χ0n) is 13.7. The molecule has 0 saturated carbocycles. The van der Waals surface area contributed by atoms with Crippen LogP contribution in [0.3, 0.4) is 0 Å². The van der Waals surface area contributed by atoms with Crippen LogP contribution < -0.4 is 5.32 Å². The Balaban J connectivity index is 2.67. The third-order valence-corrected chi connectivity index (χ3v) is 3.93. The Labute approximate surface area is 119 Å². The fourth-order valence-corrected chi connectivity index (χ4v) is 3.23. The largest absolute Gasteiger partial charge is 0.380 e. The number of rotatable bonds is 8. The molecule has 1 aliphatic heterocycles. The molecule has 0 spiro atoms. The number of nitrogens with one attached hydrogen (secondary N) is 1. The maximum Gasteiger partial charge on any atom is 0.0678 e. The van der Waals surface area contributed by atoms with Crippen LogP contribution in [0.1, 0.15) is 60.8 Å². The number of ether oxygens (including phenoxy) is 2. The summed E-state index contributed by atoms with van der Waals surface area (Å²) in [6.45, 7) is 15.9. The van der Waals surface area contributed by atoms with Gasteiger partial charge in [-0.25, -0.2) is 0 Å². The third-order valence-electron chi connectivity index (χ3n) is 3.93. The smallest absolute Gasteiger partial charge is 0.0678 e. The van der Waals surface area contributed by atoms with E-state index in [1.54, 1.807) is 0 Å². The van der Waals surface area contributed by atoms with Crippen molar-refractivity contribution in [2.24, 2.45) is 5.92 Å². The molecule has 0 aliphatic carbocycles. The molecule has 19 heavy (non-hydrogen) atoms. The van der Waals surface area contributed by atoms with Crippen molar-refractivity contribution >= 4 is 0 Å². The molecule has 0 aromatic heterocycles. The second kappa shape index (κ2) is 7.05. The Hall–Kier alpha value is -0.120. The van der Waals surface area contributed by atoms with Gasteiger partial charge in [-0.1, -0.05) is 13.8 Å². The van der Waals surface area contributed by atoms with E-state index < -0.39 is 0 Å². The van der Waals surface area contributed by atoms with E-state index in [-0.39, 0.29) is 11.2 Å². The Morgan fingerprint density at radius 1 is 1.21 bits per heavy atom. The fraction of sp³-hybridized carbons (Fsp3) is 1.00. The SMILES string of the molecule is CCCNC(COCCC)C1CC(C)(C)OC1(C)C. The lowest BCUT2D eigenvalue weighted by atomic mass is 9.82. The minimum atomic E-state index is -0.0789. The Bertz CT molecular complexity index is 263. The van der Waals surface area contributed by atoms with Gasteiger partial charge in [0.15, 0.2) is 0 Å². The van der Waals surface area contributed by atoms with E-state index in [0.717, 1.165) is 39.0 Å². The predicted octanol–water partition coefficient (Wildman–Crippen LogP) is 3.37. The molecule has 0 bridgehead atoms. The van der Waals surface area contributed by atoms with Gasteiger partial charge in [0.25, 0.3) is 0 Å². The molecule has 114 valence electrons. The minimum Gasteiger partial charge on any atom is -0.380 e. The first-order valence-corrected chi connectivity index (χ1v) is 7.83. The van der Waals surface area contributed by atoms with Crippen molar-refractivity contribution in [1.82, 2.24) is 5.32 Å². The van der Waals surface area contributed by atoms with Crippen molar-refractivity contribution < 1.29 is 9.47 Å². The van der Waals surface area contributed by atoms with E-state index in [2.05, 4.69) is 46.9 Å². The van der Waals surface area contributed by atoms with Gasteiger partial charge in [-0.15, -0.1) is 0 Å². The normalized spacial score (nSPS) is 26.5. The van der Waals surface area contributed by atoms with Gasteiger partial charge >= 0.3 is 0 Å². The van der Waals surface area contributed by atoms with Crippen molar-refractivity contribution in [2.45, 2.75) is 78.0 Å². The fourth-order valence-electron chi connectivity index (χ4n) is 3.23. The quantitative estimate of drug-likeness (QED) is 0.687. The zero-order valence-corrected chi connectivity index (χ0v) is 13.7. The predicted molar refractivity (Wildman–Crippen MR) is 80.5 cm³/mol. The van der Waals surface area contributed by atoms with E-state index in [0.29, 0.717) is 12.0 Å². The van der Waals surface area contributed by atoms with Crippen molar-refractivity contribution in [1.29, 1.82) is 0 Å². The molecule has 1 fully saturated rings. The summed E-state index contributed by atoms with van der Waals surface area (Å²) in [5.41, 5.74) is -0.102. The first-order valence-electron chi connectivity index (χ1n) is 7.83. The van der Waals surface area contributed by atoms with Gasteiger partial charge in [0.1, 0.15) is 0 Å². The average Bonchev–Trinajstić information content (AvgIpc) is 2.52. The molecule has 0 aromatic carbocycles. The molecule has 1 aliphatic rings. The molecule has 2 unspecified atom stereocenters. The molecular formula is C16H33NO2. The summed E-state index contributed by atoms with van der Waals surface area (Å²) in [6, 6.07) is 0.392. The summed E-state index contributed by atoms with van der Waals surface area (Å²) in [4.78, 5) is 0. The number of hydrogen-bond donors (Lipinski definition) is 1. The first kappa shape index (κ1) is 16.9. The van der Waals surface area contributed by atoms with Crippen molar-refractivity contribution in [3.05, 3.63) is 0 Å². The van der Waals surface area contributed by atoms with Crippen LogP contribution in [0.15, 0.2) is 0 Å². The van der Waals surface area contributed by atoms with Crippen LogP contribution in [0.2, 0.25) is 0 Å². The van der Waals surface area contributed by atoms with Crippen LogP contribution in [0.5, 0.6) is 0 Å². The van der Waals surface area contributed by atoms with Crippen LogP contribution in [0.4, 0.5) is 0 Å². The molecule has 1 rings (SSSR count). The molecule has 2 atom stereocenters. The second-order valence-corrected chi connectivity index (χ2v) is 6.91. The molecule has 1 saturated heterocycles. The zero-order chi connectivity index (χ0) is 14.5. The minimum absolute atomic E-state index is 0.0228. The van der Waals surface area contributed by atoms with Gasteiger partial charge in [-0.2, -0.15) is 0 Å². The highest BCUT2D eigenvalue weighted by atomic mass is 16.5. The van der Waals surface area contributed by atoms with Gasteiger partial charge in [0, 0.05) is 18.6 Å². The van der Waals surface area contributed by atoms with Crippen molar-refractivity contribution in [3.63, 3.8) is 0 Å². The van der Waals surface area contributed by atoms with Crippen LogP contribution >= 0.6 is 0 Å². The standard InChI is InChI=1S/C16H33NO2/c1-7-9-17-14(12-18-10-8-2)13-11-15(3,4)19-16(13,5)6/h13-14,17H,7-12H2,1-6H3. The monoisotopic (exact) mass is 271 g/mol. The Kier molecular flexibility index (Phi) is 6.28. The van der Waals surface area contributed by atoms with Crippen LogP contribution in [0.25, 0.3) is 0 Å². The van der Waals surface area contributed by atoms with Gasteiger partial charge in [-0.05, 0) is 53.5 Å². The van der Waals surface area contributed by atoms with Crippen molar-refractivity contribution in [2.75, 3.05) is 19.8 Å². The van der Waals surface area contributed by atoms with Gasteiger partial charge in [0.2, 0.25) is 0 Å². The molecule has 1 N–H and O–H groups in total. The lowest BCUT2D eigenvalue weighted by Crippen LogP contribution is -2.47. The summed E-state index contributed by atoms with van der Waals surface area (Å²) >= 11 is 0. The maximum absolute atomic E-state index is 6.22. The Morgan fingerprint density at radius 3 is 2.37 bits per heavy atom. The Morgan fingerprint density at radius 2 is 1.89 bits per heavy atom. The van der Waals surface area contributed by atoms with Crippen LogP contribution in [-0.2, 0) is 9.47 Å². The van der Waals surface area contributed by atoms with E-state index in [1.807, 2.05) is 0 Å². The lowest BCUT2D eigenvalue weighted by Gasteiger charge is -2.33. The van der Waals surface area contributed by atoms with Crippen LogP contribution in [0, 0.1) is 5.92 Å². The molecule has 0 aromatic rings. The highest BCUT2D eigenvalue weighted by Crippen LogP contribution is 2.43. The summed E-state index contributed by atoms with van der Waals surface area (Å²) in [5, 5.41) is 3.66. The summed E-state index contributed by atoms with van der Waals surface area (Å²) in [5.74, 6) is 0.505. The highest BCUT2D eigenvalue weighted by molar-refractivity contribution is 4.99. The van der Waals surface area contributed by atoms with Gasteiger partial charge < -0.3 is 14.8 Å². The highest BCUT2D eigenvalue weighted by Gasteiger charge is 2.48. The number of hydrogen-bond acceptors (Lipinski definition) is 3. The topological polar surface area (TPSA) is 30.5 Å². The molecule has 1 heterocycles. The second-order valence-electron chi connectivity index (χ2n) is 6.91. The van der Waals surface area contributed by atoms with Gasteiger partial charge in [0.05, 0.1) is 17.8 Å². The van der Waals surface area contributed by atoms with E-state index >= 15 is 0 Å². The lowest BCUT2D eigenvalue weighted by molar-refractivity contribution is -0.0804. The third kappa shape index (κ3) is 5.05. The summed E-state index contributed by atoms with van der Waals surface area (Å²) < 4.78 is 12.0. The van der Waals surface area contributed by atoms with E-state index in [1.165, 1.54) is 0 Å². The van der Waals surface area contributed by atoms with Gasteiger partial charge in [-0.3, -0.25) is 0 Å². The molecular weight excluding hydrogens is 238 g/mol. The molecule has 3 heteroatoms. The maximum atomic E-state index is 6.22. The summed E-state index contributed by atoms with van der Waals surface area (Å²) in [7, 11) is 0. The van der Waals surface area contributed by atoms with Crippen LogP contribution in [-0.4, -0.2) is 37.0 Å². The van der Waals surface area contributed by atoms with E-state index in [9.17, 15) is 0 Å². The van der Waals surface area contributed by atoms with E-state index in [4.69, 9.17) is 9.47 Å². The average molecular weight is 271 g/mol. The van der Waals surface area contributed by atoms with Crippen molar-refractivity contribution in [3.8, 4) is 0 Å². The first-order chi connectivity index (χ1) is 8.82.